The Labute approximate surface area is 142 Å². The Morgan fingerprint density at radius 1 is 1.25 bits per heavy atom. The van der Waals surface area contributed by atoms with Crippen molar-refractivity contribution < 1.29 is 19.1 Å². The number of allylic oxidation sites excluding steroid dienone is 1. The van der Waals surface area contributed by atoms with Gasteiger partial charge in [0, 0.05) is 18.2 Å². The molecule has 0 saturated heterocycles. The van der Waals surface area contributed by atoms with Gasteiger partial charge in [-0.3, -0.25) is 9.59 Å². The van der Waals surface area contributed by atoms with E-state index in [2.05, 4.69) is 19.6 Å². The van der Waals surface area contributed by atoms with Crippen LogP contribution in [-0.4, -0.2) is 39.2 Å². The summed E-state index contributed by atoms with van der Waals surface area (Å²) in [5.41, 5.74) is 0.353. The van der Waals surface area contributed by atoms with Crippen LogP contribution in [0, 0.1) is 11.3 Å². The van der Waals surface area contributed by atoms with Gasteiger partial charge in [0.15, 0.2) is 5.41 Å². The number of nitrogens with zero attached hydrogens (tertiary/aromatic N) is 1. The number of benzene rings is 1. The largest absolute Gasteiger partial charge is 0.468 e. The van der Waals surface area contributed by atoms with Gasteiger partial charge in [0.2, 0.25) is 0 Å². The van der Waals surface area contributed by atoms with Crippen LogP contribution >= 0.6 is 0 Å². The Balaban J connectivity index is 2.29. The van der Waals surface area contributed by atoms with Gasteiger partial charge in [0.1, 0.15) is 0 Å². The Hall–Kier alpha value is -2.30. The SMILES string of the molecule is C=C[C@@H]1CC(C(=O)OC)(C(=O)OC)[C@@H]2N(C)c3ccccc3[C@]12C. The van der Waals surface area contributed by atoms with E-state index < -0.39 is 22.8 Å². The number of hydrogen-bond donors (Lipinski definition) is 0. The lowest BCUT2D eigenvalue weighted by Gasteiger charge is -2.38. The maximum absolute atomic E-state index is 12.8. The number of carbonyl (C=O) groups excluding carboxylic acids is 2. The van der Waals surface area contributed by atoms with E-state index in [1.54, 1.807) is 0 Å². The highest BCUT2D eigenvalue weighted by Crippen LogP contribution is 2.63. The molecule has 3 atom stereocenters. The molecule has 0 radical (unpaired) electrons. The zero-order valence-electron chi connectivity index (χ0n) is 14.5. The molecule has 1 saturated carbocycles. The molecular formula is C19H23NO4. The fraction of sp³-hybridized carbons (Fsp3) is 0.474. The Kier molecular flexibility index (Phi) is 3.70. The van der Waals surface area contributed by atoms with Crippen molar-refractivity contribution in [3.8, 4) is 0 Å². The highest BCUT2D eigenvalue weighted by Gasteiger charge is 2.72. The standard InChI is InChI=1S/C19H23NO4/c1-6-12-11-19(16(21)23-4,17(22)24-5)15-18(12,2)13-9-7-8-10-14(13)20(15)3/h6-10,12,15H,1,11H2,2-5H3/t12-,15-,18+/m1/s1. The molecule has 1 aliphatic heterocycles. The predicted molar refractivity (Wildman–Crippen MR) is 90.8 cm³/mol. The third-order valence-corrected chi connectivity index (χ3v) is 5.98. The number of likely N-dealkylation sites (N-methyl/N-ethyl adjacent to an activating group) is 1. The lowest BCUT2D eigenvalue weighted by Crippen LogP contribution is -2.56. The van der Waals surface area contributed by atoms with Crippen molar-refractivity contribution in [2.75, 3.05) is 26.2 Å². The molecule has 3 rings (SSSR count). The molecule has 128 valence electrons. The van der Waals surface area contributed by atoms with E-state index in [1.165, 1.54) is 14.2 Å². The quantitative estimate of drug-likeness (QED) is 0.484. The van der Waals surface area contributed by atoms with Crippen molar-refractivity contribution in [3.05, 3.63) is 42.5 Å². The number of anilines is 1. The monoisotopic (exact) mass is 329 g/mol. The van der Waals surface area contributed by atoms with Crippen molar-refractivity contribution >= 4 is 17.6 Å². The highest BCUT2D eigenvalue weighted by atomic mass is 16.5. The maximum atomic E-state index is 12.8. The number of carbonyl (C=O) groups is 2. The van der Waals surface area contributed by atoms with Gasteiger partial charge in [-0.1, -0.05) is 31.2 Å². The molecule has 0 unspecified atom stereocenters. The summed E-state index contributed by atoms with van der Waals surface area (Å²) in [6.45, 7) is 6.06. The summed E-state index contributed by atoms with van der Waals surface area (Å²) < 4.78 is 10.1. The predicted octanol–water partition coefficient (Wildman–Crippen LogP) is 2.30. The molecule has 0 spiro atoms. The van der Waals surface area contributed by atoms with E-state index in [1.807, 2.05) is 36.2 Å². The molecule has 1 aliphatic carbocycles. The lowest BCUT2D eigenvalue weighted by atomic mass is 9.71. The molecule has 0 bridgehead atoms. The smallest absolute Gasteiger partial charge is 0.325 e. The van der Waals surface area contributed by atoms with Crippen molar-refractivity contribution in [1.29, 1.82) is 0 Å². The van der Waals surface area contributed by atoms with Gasteiger partial charge in [-0.2, -0.15) is 0 Å². The van der Waals surface area contributed by atoms with Crippen LogP contribution in [0.3, 0.4) is 0 Å². The Bertz CT molecular complexity index is 697. The minimum Gasteiger partial charge on any atom is -0.468 e. The molecule has 24 heavy (non-hydrogen) atoms. The molecule has 5 heteroatoms. The zero-order valence-corrected chi connectivity index (χ0v) is 14.5. The maximum Gasteiger partial charge on any atom is 0.325 e. The first kappa shape index (κ1) is 16.6. The second-order valence-electron chi connectivity index (χ2n) is 6.81. The molecule has 0 N–H and O–H groups in total. The summed E-state index contributed by atoms with van der Waals surface area (Å²) in [4.78, 5) is 27.6. The van der Waals surface area contributed by atoms with Gasteiger partial charge in [-0.15, -0.1) is 6.58 Å². The third-order valence-electron chi connectivity index (χ3n) is 5.98. The highest BCUT2D eigenvalue weighted by molar-refractivity contribution is 6.03. The fourth-order valence-corrected chi connectivity index (χ4v) is 5.01. The molecule has 2 aliphatic rings. The van der Waals surface area contributed by atoms with Crippen LogP contribution in [0.2, 0.25) is 0 Å². The lowest BCUT2D eigenvalue weighted by molar-refractivity contribution is -0.170. The number of fused-ring (bicyclic) bond motifs is 3. The number of para-hydroxylation sites is 1. The molecule has 0 amide bonds. The molecular weight excluding hydrogens is 306 g/mol. The average Bonchev–Trinajstić information content (AvgIpc) is 3.02. The van der Waals surface area contributed by atoms with E-state index in [4.69, 9.17) is 9.47 Å². The molecule has 1 aromatic rings. The van der Waals surface area contributed by atoms with Gasteiger partial charge in [0.25, 0.3) is 0 Å². The van der Waals surface area contributed by atoms with Crippen LogP contribution in [0.5, 0.6) is 0 Å². The zero-order chi connectivity index (χ0) is 17.7. The van der Waals surface area contributed by atoms with E-state index >= 15 is 0 Å². The summed E-state index contributed by atoms with van der Waals surface area (Å²) in [5, 5.41) is 0. The Morgan fingerprint density at radius 2 is 1.83 bits per heavy atom. The normalized spacial score (nSPS) is 29.6. The molecule has 1 heterocycles. The van der Waals surface area contributed by atoms with Crippen LogP contribution in [0.15, 0.2) is 36.9 Å². The van der Waals surface area contributed by atoms with Crippen LogP contribution in [-0.2, 0) is 24.5 Å². The van der Waals surface area contributed by atoms with Crippen LogP contribution in [0.25, 0.3) is 0 Å². The first-order valence-corrected chi connectivity index (χ1v) is 8.01. The summed E-state index contributed by atoms with van der Waals surface area (Å²) in [6.07, 6.45) is 2.17. The molecule has 0 aromatic heterocycles. The van der Waals surface area contributed by atoms with E-state index in [9.17, 15) is 9.59 Å². The summed E-state index contributed by atoms with van der Waals surface area (Å²) in [6, 6.07) is 7.63. The first-order valence-electron chi connectivity index (χ1n) is 8.01. The van der Waals surface area contributed by atoms with Crippen molar-refractivity contribution in [2.45, 2.75) is 24.8 Å². The Morgan fingerprint density at radius 3 is 2.38 bits per heavy atom. The van der Waals surface area contributed by atoms with E-state index in [0.29, 0.717) is 6.42 Å². The second kappa shape index (κ2) is 5.36. The molecule has 5 nitrogen and oxygen atoms in total. The number of methoxy groups -OCH3 is 2. The summed E-state index contributed by atoms with van der Waals surface area (Å²) in [7, 11) is 4.54. The van der Waals surface area contributed by atoms with Gasteiger partial charge < -0.3 is 14.4 Å². The van der Waals surface area contributed by atoms with Gasteiger partial charge in [0.05, 0.1) is 20.3 Å². The van der Waals surface area contributed by atoms with E-state index in [0.717, 1.165) is 11.3 Å². The second-order valence-corrected chi connectivity index (χ2v) is 6.81. The average molecular weight is 329 g/mol. The molecule has 1 fully saturated rings. The van der Waals surface area contributed by atoms with Crippen molar-refractivity contribution in [2.24, 2.45) is 11.3 Å². The van der Waals surface area contributed by atoms with Gasteiger partial charge in [-0.25, -0.2) is 0 Å². The number of ether oxygens (including phenoxy) is 2. The fourth-order valence-electron chi connectivity index (χ4n) is 5.01. The number of hydrogen-bond acceptors (Lipinski definition) is 5. The van der Waals surface area contributed by atoms with Gasteiger partial charge >= 0.3 is 11.9 Å². The van der Waals surface area contributed by atoms with E-state index in [-0.39, 0.29) is 12.0 Å². The van der Waals surface area contributed by atoms with Crippen LogP contribution < -0.4 is 4.90 Å². The van der Waals surface area contributed by atoms with Crippen LogP contribution in [0.1, 0.15) is 18.9 Å². The first-order chi connectivity index (χ1) is 11.4. The van der Waals surface area contributed by atoms with Gasteiger partial charge in [-0.05, 0) is 24.0 Å². The minimum absolute atomic E-state index is 0.0493. The third kappa shape index (κ3) is 1.70. The molecule has 1 aromatic carbocycles. The number of esters is 2. The topological polar surface area (TPSA) is 55.8 Å². The number of rotatable bonds is 3. The van der Waals surface area contributed by atoms with Crippen molar-refractivity contribution in [3.63, 3.8) is 0 Å². The minimum atomic E-state index is -1.37. The van der Waals surface area contributed by atoms with Crippen molar-refractivity contribution in [1.82, 2.24) is 0 Å². The summed E-state index contributed by atoms with van der Waals surface area (Å²) in [5.74, 6) is -1.14. The summed E-state index contributed by atoms with van der Waals surface area (Å²) >= 11 is 0. The van der Waals surface area contributed by atoms with Crippen LogP contribution in [0.4, 0.5) is 5.69 Å².